The van der Waals surface area contributed by atoms with Gasteiger partial charge in [-0.2, -0.15) is 5.10 Å². The maximum Gasteiger partial charge on any atom is 0.307 e. The number of nitrogens with zero attached hydrogens (tertiary/aromatic N) is 3. The van der Waals surface area contributed by atoms with Crippen molar-refractivity contribution in [3.05, 3.63) is 23.8 Å². The van der Waals surface area contributed by atoms with Crippen LogP contribution < -0.4 is 11.1 Å². The van der Waals surface area contributed by atoms with Gasteiger partial charge in [-0.1, -0.05) is 80.9 Å². The minimum atomic E-state index is -0.621. The molecule has 5 fully saturated rings. The SMILES string of the molecule is CC(C)[C@@H](C)[C@@]1(C)CC[C@]2(C)[C@H]3CC[C@@H]4[C@@]5(C)COC[C@@]4(C3=CC[C@@]2(C)[C@@H]1C(=O)O)[C@@H](OC[C@](C)(N)C(C)(C)C)[C@H](n1ncnc1[C@H]1CCNC1)C5. The lowest BCUT2D eigenvalue weighted by molar-refractivity contribution is -0.255. The van der Waals surface area contributed by atoms with Gasteiger partial charge in [0.05, 0.1) is 37.9 Å². The predicted octanol–water partition coefficient (Wildman–Crippen LogP) is 7.63. The van der Waals surface area contributed by atoms with Crippen molar-refractivity contribution in [2.45, 2.75) is 145 Å². The summed E-state index contributed by atoms with van der Waals surface area (Å²) in [6.07, 6.45) is 10.9. The molecule has 52 heavy (non-hydrogen) atoms. The van der Waals surface area contributed by atoms with Crippen molar-refractivity contribution in [2.24, 2.45) is 67.8 Å². The molecule has 0 amide bonds. The molecule has 3 heterocycles. The largest absolute Gasteiger partial charge is 0.481 e. The van der Waals surface area contributed by atoms with Gasteiger partial charge in [0.2, 0.25) is 0 Å². The summed E-state index contributed by atoms with van der Waals surface area (Å²) in [4.78, 5) is 18.6. The first kappa shape index (κ1) is 38.5. The number of nitrogens with one attached hydrogen (secondary N) is 1. The molecule has 1 aromatic rings. The molecule has 6 aliphatic rings. The Kier molecular flexibility index (Phi) is 9.33. The Labute approximate surface area is 314 Å². The number of nitrogens with two attached hydrogens (primary N) is 1. The van der Waals surface area contributed by atoms with Gasteiger partial charge >= 0.3 is 5.97 Å². The van der Waals surface area contributed by atoms with Crippen molar-refractivity contribution in [3.63, 3.8) is 0 Å². The van der Waals surface area contributed by atoms with E-state index in [9.17, 15) is 9.90 Å². The number of fused-ring (bicyclic) bond motifs is 3. The van der Waals surface area contributed by atoms with E-state index in [1.807, 2.05) is 0 Å². The number of hydrogen-bond donors (Lipinski definition) is 3. The number of aliphatic carboxylic acids is 1. The highest BCUT2D eigenvalue weighted by Gasteiger charge is 2.73. The highest BCUT2D eigenvalue weighted by molar-refractivity contribution is 5.73. The van der Waals surface area contributed by atoms with Crippen molar-refractivity contribution in [1.29, 1.82) is 0 Å². The Balaban J connectivity index is 1.39. The molecule has 292 valence electrons. The molecule has 3 saturated carbocycles. The second-order valence-corrected chi connectivity index (χ2v) is 21.3. The second kappa shape index (κ2) is 12.6. The summed E-state index contributed by atoms with van der Waals surface area (Å²) < 4.78 is 16.5. The van der Waals surface area contributed by atoms with Gasteiger partial charge in [0, 0.05) is 23.4 Å². The Morgan fingerprint density at radius 2 is 1.83 bits per heavy atom. The van der Waals surface area contributed by atoms with E-state index in [-0.39, 0.29) is 50.6 Å². The summed E-state index contributed by atoms with van der Waals surface area (Å²) in [5.74, 6) is 1.69. The van der Waals surface area contributed by atoms with E-state index in [2.05, 4.69) is 92.2 Å². The number of ether oxygens (including phenoxy) is 2. The van der Waals surface area contributed by atoms with Crippen LogP contribution in [0.2, 0.25) is 0 Å². The summed E-state index contributed by atoms with van der Waals surface area (Å²) in [5, 5.41) is 19.8. The maximum atomic E-state index is 13.6. The Morgan fingerprint density at radius 3 is 2.46 bits per heavy atom. The number of carboxylic acid groups (broad SMARTS) is 1. The third-order valence-electron chi connectivity index (χ3n) is 17.6. The van der Waals surface area contributed by atoms with E-state index in [1.54, 1.807) is 6.33 Å². The van der Waals surface area contributed by atoms with E-state index >= 15 is 0 Å². The second-order valence-electron chi connectivity index (χ2n) is 21.3. The molecule has 13 atom stereocenters. The van der Waals surface area contributed by atoms with Crippen LogP contribution in [-0.2, 0) is 14.3 Å². The summed E-state index contributed by atoms with van der Waals surface area (Å²) >= 11 is 0. The highest BCUT2D eigenvalue weighted by Crippen LogP contribution is 2.75. The van der Waals surface area contributed by atoms with E-state index in [0.29, 0.717) is 36.9 Å². The first-order valence-corrected chi connectivity index (χ1v) is 20.7. The molecule has 0 aromatic carbocycles. The normalized spacial score (nSPS) is 45.0. The Morgan fingerprint density at radius 1 is 1.10 bits per heavy atom. The molecule has 1 aromatic heterocycles. The molecule has 2 saturated heterocycles. The van der Waals surface area contributed by atoms with Gasteiger partial charge in [0.1, 0.15) is 12.2 Å². The summed E-state index contributed by atoms with van der Waals surface area (Å²) in [7, 11) is 0. The molecule has 0 radical (unpaired) electrons. The van der Waals surface area contributed by atoms with Gasteiger partial charge in [-0.15, -0.1) is 0 Å². The fourth-order valence-corrected chi connectivity index (χ4v) is 13.3. The lowest BCUT2D eigenvalue weighted by Crippen LogP contribution is -2.70. The van der Waals surface area contributed by atoms with Crippen LogP contribution in [0.3, 0.4) is 0 Å². The zero-order valence-electron chi connectivity index (χ0n) is 34.3. The Hall–Kier alpha value is -1.81. The first-order valence-electron chi connectivity index (χ1n) is 20.7. The molecule has 9 nitrogen and oxygen atoms in total. The van der Waals surface area contributed by atoms with E-state index in [4.69, 9.17) is 25.3 Å². The summed E-state index contributed by atoms with van der Waals surface area (Å²) in [6.45, 7) is 28.8. The molecule has 4 aliphatic carbocycles. The minimum absolute atomic E-state index is 0.0203. The minimum Gasteiger partial charge on any atom is -0.481 e. The van der Waals surface area contributed by atoms with E-state index in [0.717, 1.165) is 70.5 Å². The van der Waals surface area contributed by atoms with Gasteiger partial charge in [-0.3, -0.25) is 4.79 Å². The molecule has 2 aliphatic heterocycles. The molecule has 7 rings (SSSR count). The van der Waals surface area contributed by atoms with Crippen LogP contribution in [0, 0.1) is 62.1 Å². The van der Waals surface area contributed by atoms with Crippen molar-refractivity contribution < 1.29 is 19.4 Å². The third-order valence-corrected chi connectivity index (χ3v) is 17.6. The van der Waals surface area contributed by atoms with E-state index in [1.165, 1.54) is 5.57 Å². The van der Waals surface area contributed by atoms with Crippen LogP contribution in [0.4, 0.5) is 0 Å². The molecule has 0 unspecified atom stereocenters. The van der Waals surface area contributed by atoms with Crippen molar-refractivity contribution in [2.75, 3.05) is 32.9 Å². The van der Waals surface area contributed by atoms with Crippen molar-refractivity contribution in [3.8, 4) is 0 Å². The van der Waals surface area contributed by atoms with Gasteiger partial charge in [0.15, 0.2) is 0 Å². The lowest BCUT2D eigenvalue weighted by atomic mass is 9.34. The van der Waals surface area contributed by atoms with Crippen molar-refractivity contribution >= 4 is 5.97 Å². The average Bonchev–Trinajstić information content (AvgIpc) is 3.76. The summed E-state index contributed by atoms with van der Waals surface area (Å²) in [6, 6.07) is -0.0203. The highest BCUT2D eigenvalue weighted by atomic mass is 16.5. The standard InChI is InChI=1S/C43H71N5O4/c1-26(2)27(3)39(8)17-18-40(9)29-12-13-32-38(7)20-31(48-35(46-25-47-48)28-15-19-45-21-28)34(52-23-42(11,44)37(4,5)6)43(32,24-51-22-38)30(29)14-16-41(40,10)33(39)36(49)50/h14,25-29,31-34,45H,12-13,15-24,44H2,1-11H3,(H,49,50)/t27-,28+,29+,31-,32-,33-,34+,38-,39-,40-,41+,42+,43+/m1/s1. The van der Waals surface area contributed by atoms with Crippen molar-refractivity contribution in [1.82, 2.24) is 20.1 Å². The number of carboxylic acids is 1. The molecule has 0 spiro atoms. The van der Waals surface area contributed by atoms with Gasteiger partial charge in [-0.05, 0) is 109 Å². The third kappa shape index (κ3) is 5.31. The first-order chi connectivity index (χ1) is 24.2. The topological polar surface area (TPSA) is 125 Å². The number of carbonyl (C=O) groups is 1. The monoisotopic (exact) mass is 722 g/mol. The molecular weight excluding hydrogens is 651 g/mol. The average molecular weight is 722 g/mol. The van der Waals surface area contributed by atoms with E-state index < -0.39 is 17.4 Å². The predicted molar refractivity (Wildman–Crippen MR) is 205 cm³/mol. The fraction of sp³-hybridized carbons (Fsp3) is 0.884. The Bertz CT molecular complexity index is 1560. The van der Waals surface area contributed by atoms with Gasteiger partial charge in [0.25, 0.3) is 0 Å². The fourth-order valence-electron chi connectivity index (χ4n) is 13.3. The number of aromatic nitrogens is 3. The van der Waals surface area contributed by atoms with Crippen LogP contribution in [0.25, 0.3) is 0 Å². The van der Waals surface area contributed by atoms with Crippen LogP contribution in [0.5, 0.6) is 0 Å². The number of allylic oxidation sites excluding steroid dienone is 1. The zero-order valence-corrected chi connectivity index (χ0v) is 34.3. The molecule has 4 N–H and O–H groups in total. The lowest BCUT2D eigenvalue weighted by Gasteiger charge is -2.71. The maximum absolute atomic E-state index is 13.6. The van der Waals surface area contributed by atoms with Crippen LogP contribution in [0.1, 0.15) is 139 Å². The summed E-state index contributed by atoms with van der Waals surface area (Å²) in [5.41, 5.74) is 6.60. The zero-order chi connectivity index (χ0) is 37.9. The van der Waals surface area contributed by atoms with Gasteiger partial charge in [-0.25, -0.2) is 9.67 Å². The van der Waals surface area contributed by atoms with Crippen LogP contribution >= 0.6 is 0 Å². The van der Waals surface area contributed by atoms with Gasteiger partial charge < -0.3 is 25.6 Å². The molecule has 2 bridgehead atoms. The number of rotatable bonds is 8. The smallest absolute Gasteiger partial charge is 0.307 e. The molecular formula is C43H71N5O4. The number of hydrogen-bond acceptors (Lipinski definition) is 7. The molecule has 9 heteroatoms. The van der Waals surface area contributed by atoms with Crippen LogP contribution in [-0.4, -0.2) is 70.4 Å². The quantitative estimate of drug-likeness (QED) is 0.234. The van der Waals surface area contributed by atoms with Crippen LogP contribution in [0.15, 0.2) is 18.0 Å².